The Kier molecular flexibility index (Phi) is 7.15. The predicted octanol–water partition coefficient (Wildman–Crippen LogP) is 1.82. The van der Waals surface area contributed by atoms with Crippen molar-refractivity contribution in [2.75, 3.05) is 13.7 Å². The molecule has 4 nitrogen and oxygen atoms in total. The van der Waals surface area contributed by atoms with Crippen LogP contribution in [0.5, 0.6) is 0 Å². The number of hydrogen-bond donors (Lipinski definition) is 2. The molecule has 0 saturated carbocycles. The van der Waals surface area contributed by atoms with Gasteiger partial charge in [-0.05, 0) is 17.5 Å². The fourth-order valence-corrected chi connectivity index (χ4v) is 2.03. The van der Waals surface area contributed by atoms with Gasteiger partial charge in [0.1, 0.15) is 0 Å². The summed E-state index contributed by atoms with van der Waals surface area (Å²) in [4.78, 5) is 11.9. The molecule has 0 bridgehead atoms. The van der Waals surface area contributed by atoms with Crippen LogP contribution in [0.15, 0.2) is 24.3 Å². The summed E-state index contributed by atoms with van der Waals surface area (Å²) < 4.78 is 5.09. The largest absolute Gasteiger partial charge is 0.380 e. The minimum Gasteiger partial charge on any atom is -0.380 e. The molecule has 0 saturated heterocycles. The smallest absolute Gasteiger partial charge is 0.224 e. The molecular weight excluding hydrogens is 240 g/mol. The summed E-state index contributed by atoms with van der Waals surface area (Å²) in [6.07, 6.45) is 1.81. The summed E-state index contributed by atoms with van der Waals surface area (Å²) in [7, 11) is 1.67. The van der Waals surface area contributed by atoms with Crippen molar-refractivity contribution < 1.29 is 9.53 Å². The van der Waals surface area contributed by atoms with E-state index in [1.807, 2.05) is 24.3 Å². The fraction of sp³-hybridized carbons (Fsp3) is 0.533. The van der Waals surface area contributed by atoms with Crippen molar-refractivity contribution in [2.45, 2.75) is 32.9 Å². The minimum absolute atomic E-state index is 0.0431. The Morgan fingerprint density at radius 2 is 2.16 bits per heavy atom. The first-order valence-corrected chi connectivity index (χ1v) is 6.75. The number of nitrogens with two attached hydrogens (primary N) is 1. The van der Waals surface area contributed by atoms with E-state index in [1.54, 1.807) is 7.11 Å². The Balaban J connectivity index is 2.51. The van der Waals surface area contributed by atoms with E-state index in [0.717, 1.165) is 24.0 Å². The van der Waals surface area contributed by atoms with Gasteiger partial charge in [0.15, 0.2) is 0 Å². The van der Waals surface area contributed by atoms with Crippen molar-refractivity contribution in [2.24, 2.45) is 11.7 Å². The third-order valence-corrected chi connectivity index (χ3v) is 3.06. The number of rotatable bonds is 8. The van der Waals surface area contributed by atoms with E-state index in [9.17, 15) is 4.79 Å². The Morgan fingerprint density at radius 1 is 1.42 bits per heavy atom. The Hall–Kier alpha value is -1.39. The summed E-state index contributed by atoms with van der Waals surface area (Å²) in [5, 5.41) is 2.94. The number of nitrogens with one attached hydrogen (secondary N) is 1. The van der Waals surface area contributed by atoms with E-state index in [4.69, 9.17) is 10.5 Å². The van der Waals surface area contributed by atoms with E-state index < -0.39 is 0 Å². The zero-order valence-electron chi connectivity index (χ0n) is 11.8. The third kappa shape index (κ3) is 5.41. The van der Waals surface area contributed by atoms with E-state index in [2.05, 4.69) is 12.2 Å². The van der Waals surface area contributed by atoms with Crippen LogP contribution >= 0.6 is 0 Å². The second-order valence-electron chi connectivity index (χ2n) is 4.69. The first-order valence-electron chi connectivity index (χ1n) is 6.75. The van der Waals surface area contributed by atoms with Gasteiger partial charge in [-0.25, -0.2) is 0 Å². The average Bonchev–Trinajstić information content (AvgIpc) is 2.43. The van der Waals surface area contributed by atoms with Crippen LogP contribution in [0.4, 0.5) is 0 Å². The van der Waals surface area contributed by atoms with Crippen molar-refractivity contribution in [1.82, 2.24) is 5.32 Å². The molecule has 0 radical (unpaired) electrons. The maximum absolute atomic E-state index is 11.9. The molecule has 1 aromatic carbocycles. The van der Waals surface area contributed by atoms with E-state index >= 15 is 0 Å². The highest BCUT2D eigenvalue weighted by Crippen LogP contribution is 2.08. The maximum Gasteiger partial charge on any atom is 0.224 e. The highest BCUT2D eigenvalue weighted by molar-refractivity contribution is 5.78. The summed E-state index contributed by atoms with van der Waals surface area (Å²) in [6, 6.07) is 8.02. The number of carbonyl (C=O) groups is 1. The number of hydrogen-bond acceptors (Lipinski definition) is 3. The van der Waals surface area contributed by atoms with Crippen LogP contribution in [0.2, 0.25) is 0 Å². The van der Waals surface area contributed by atoms with Crippen LogP contribution in [0, 0.1) is 5.92 Å². The second kappa shape index (κ2) is 8.67. The average molecular weight is 264 g/mol. The molecule has 0 fully saturated rings. The zero-order valence-corrected chi connectivity index (χ0v) is 11.8. The van der Waals surface area contributed by atoms with Gasteiger partial charge in [-0.2, -0.15) is 0 Å². The lowest BCUT2D eigenvalue weighted by atomic mass is 10.0. The highest BCUT2D eigenvalue weighted by Gasteiger charge is 2.14. The van der Waals surface area contributed by atoms with Gasteiger partial charge in [-0.15, -0.1) is 0 Å². The zero-order chi connectivity index (χ0) is 14.1. The van der Waals surface area contributed by atoms with Crippen LogP contribution < -0.4 is 11.1 Å². The Bertz CT molecular complexity index is 393. The van der Waals surface area contributed by atoms with Crippen LogP contribution in [-0.2, 0) is 22.7 Å². The molecule has 0 aliphatic carbocycles. The minimum atomic E-state index is -0.0767. The standard InChI is InChI=1S/C15H24N2O2/c1-3-5-14(9-16)15(18)17-10-12-6-4-7-13(8-12)11-19-2/h4,6-8,14H,3,5,9-11,16H2,1-2H3,(H,17,18). The molecule has 1 atom stereocenters. The topological polar surface area (TPSA) is 64.4 Å². The van der Waals surface area contributed by atoms with Crippen molar-refractivity contribution in [1.29, 1.82) is 0 Å². The lowest BCUT2D eigenvalue weighted by molar-refractivity contribution is -0.125. The van der Waals surface area contributed by atoms with Crippen LogP contribution in [0.3, 0.4) is 0 Å². The molecule has 106 valence electrons. The third-order valence-electron chi connectivity index (χ3n) is 3.06. The molecule has 19 heavy (non-hydrogen) atoms. The molecule has 0 heterocycles. The Labute approximate surface area is 115 Å². The summed E-state index contributed by atoms with van der Waals surface area (Å²) in [6.45, 7) is 3.59. The van der Waals surface area contributed by atoms with Crippen molar-refractivity contribution in [3.63, 3.8) is 0 Å². The van der Waals surface area contributed by atoms with Crippen LogP contribution in [0.25, 0.3) is 0 Å². The molecule has 1 rings (SSSR count). The van der Waals surface area contributed by atoms with E-state index in [-0.39, 0.29) is 11.8 Å². The molecule has 1 unspecified atom stereocenters. The normalized spacial score (nSPS) is 12.2. The molecule has 0 spiro atoms. The monoisotopic (exact) mass is 264 g/mol. The van der Waals surface area contributed by atoms with Crippen LogP contribution in [-0.4, -0.2) is 19.6 Å². The van der Waals surface area contributed by atoms with Crippen molar-refractivity contribution in [3.05, 3.63) is 35.4 Å². The highest BCUT2D eigenvalue weighted by atomic mass is 16.5. The van der Waals surface area contributed by atoms with Crippen molar-refractivity contribution in [3.8, 4) is 0 Å². The summed E-state index contributed by atoms with van der Waals surface area (Å²) in [5.74, 6) is -0.0337. The number of ether oxygens (including phenoxy) is 1. The molecule has 1 amide bonds. The van der Waals surface area contributed by atoms with Crippen LogP contribution in [0.1, 0.15) is 30.9 Å². The molecule has 0 aromatic heterocycles. The van der Waals surface area contributed by atoms with Gasteiger partial charge >= 0.3 is 0 Å². The molecule has 0 aliphatic heterocycles. The lowest BCUT2D eigenvalue weighted by Gasteiger charge is -2.14. The molecule has 3 N–H and O–H groups in total. The van der Waals surface area contributed by atoms with Crippen molar-refractivity contribution >= 4 is 5.91 Å². The Morgan fingerprint density at radius 3 is 2.79 bits per heavy atom. The van der Waals surface area contributed by atoms with Gasteiger partial charge in [0.25, 0.3) is 0 Å². The number of benzene rings is 1. The van der Waals surface area contributed by atoms with Gasteiger partial charge in [-0.1, -0.05) is 37.6 Å². The first-order chi connectivity index (χ1) is 9.21. The van der Waals surface area contributed by atoms with E-state index in [0.29, 0.717) is 19.7 Å². The summed E-state index contributed by atoms with van der Waals surface area (Å²) in [5.41, 5.74) is 7.80. The molecule has 1 aromatic rings. The summed E-state index contributed by atoms with van der Waals surface area (Å²) >= 11 is 0. The molecule has 4 heteroatoms. The quantitative estimate of drug-likeness (QED) is 0.753. The number of amides is 1. The first kappa shape index (κ1) is 15.7. The van der Waals surface area contributed by atoms with Gasteiger partial charge in [0.2, 0.25) is 5.91 Å². The molecular formula is C15H24N2O2. The van der Waals surface area contributed by atoms with Gasteiger partial charge in [0, 0.05) is 20.2 Å². The van der Waals surface area contributed by atoms with E-state index in [1.165, 1.54) is 0 Å². The van der Waals surface area contributed by atoms with Gasteiger partial charge in [-0.3, -0.25) is 4.79 Å². The fourth-order valence-electron chi connectivity index (χ4n) is 2.03. The second-order valence-corrected chi connectivity index (χ2v) is 4.69. The van der Waals surface area contributed by atoms with Gasteiger partial charge in [0.05, 0.1) is 12.5 Å². The van der Waals surface area contributed by atoms with Gasteiger partial charge < -0.3 is 15.8 Å². The predicted molar refractivity (Wildman–Crippen MR) is 76.5 cm³/mol. The molecule has 0 aliphatic rings. The maximum atomic E-state index is 11.9. The number of carbonyl (C=O) groups excluding carboxylic acids is 1. The SMILES string of the molecule is CCCC(CN)C(=O)NCc1cccc(COC)c1. The number of methoxy groups -OCH3 is 1. The lowest BCUT2D eigenvalue weighted by Crippen LogP contribution is -2.34.